The van der Waals surface area contributed by atoms with Gasteiger partial charge in [0.15, 0.2) is 0 Å². The Morgan fingerprint density at radius 1 is 1.73 bits per heavy atom. The molecule has 1 heterocycles. The van der Waals surface area contributed by atoms with Crippen LogP contribution in [0.25, 0.3) is 0 Å². The van der Waals surface area contributed by atoms with Crippen molar-refractivity contribution < 1.29 is 4.74 Å². The summed E-state index contributed by atoms with van der Waals surface area (Å²) < 4.78 is 5.27. The Hall–Kier alpha value is -0.340. The summed E-state index contributed by atoms with van der Waals surface area (Å²) in [5.74, 6) is 0.732. The lowest BCUT2D eigenvalue weighted by Gasteiger charge is -2.08. The highest BCUT2D eigenvalue weighted by molar-refractivity contribution is 4.98. The molecule has 1 unspecified atom stereocenters. The van der Waals surface area contributed by atoms with Gasteiger partial charge < -0.3 is 10.1 Å². The van der Waals surface area contributed by atoms with E-state index in [9.17, 15) is 0 Å². The lowest BCUT2D eigenvalue weighted by molar-refractivity contribution is 0.185. The topological polar surface area (TPSA) is 21.3 Å². The highest BCUT2D eigenvalue weighted by Gasteiger charge is 2.15. The van der Waals surface area contributed by atoms with E-state index in [0.29, 0.717) is 0 Å². The third-order valence-electron chi connectivity index (χ3n) is 2.03. The zero-order valence-corrected chi connectivity index (χ0v) is 7.23. The van der Waals surface area contributed by atoms with Crippen molar-refractivity contribution in [1.29, 1.82) is 0 Å². The number of hydrogen-bond donors (Lipinski definition) is 1. The first-order valence-corrected chi connectivity index (χ1v) is 4.22. The summed E-state index contributed by atoms with van der Waals surface area (Å²) in [6.45, 7) is 6.81. The summed E-state index contributed by atoms with van der Waals surface area (Å²) >= 11 is 0. The fourth-order valence-corrected chi connectivity index (χ4v) is 1.47. The Morgan fingerprint density at radius 2 is 2.55 bits per heavy atom. The molecule has 0 radical (unpaired) electrons. The van der Waals surface area contributed by atoms with Gasteiger partial charge in [0.2, 0.25) is 0 Å². The van der Waals surface area contributed by atoms with Crippen molar-refractivity contribution in [3.05, 3.63) is 12.2 Å². The van der Waals surface area contributed by atoms with Gasteiger partial charge in [0.05, 0.1) is 0 Å². The summed E-state index contributed by atoms with van der Waals surface area (Å²) in [6.07, 6.45) is 2.34. The molecule has 1 rings (SSSR count). The second kappa shape index (κ2) is 4.52. The molecule has 1 N–H and O–H groups in total. The van der Waals surface area contributed by atoms with E-state index in [1.807, 2.05) is 7.05 Å². The number of rotatable bonds is 4. The van der Waals surface area contributed by atoms with E-state index in [1.165, 1.54) is 12.0 Å². The predicted octanol–water partition coefficient (Wildman–Crippen LogP) is 1.19. The highest BCUT2D eigenvalue weighted by Crippen LogP contribution is 2.19. The van der Waals surface area contributed by atoms with Gasteiger partial charge in [-0.2, -0.15) is 0 Å². The molecule has 0 aromatic carbocycles. The van der Waals surface area contributed by atoms with Crippen molar-refractivity contribution in [3.8, 4) is 0 Å². The Balaban J connectivity index is 2.13. The standard InChI is InChI=1S/C9H17NO/c1-8(6-10-2)5-9-3-4-11-7-9/h9-10H,1,3-7H2,2H3. The molecule has 1 aliphatic heterocycles. The molecule has 0 amide bonds. The van der Waals surface area contributed by atoms with Gasteiger partial charge in [-0.15, -0.1) is 0 Å². The number of likely N-dealkylation sites (N-methyl/N-ethyl adjacent to an activating group) is 1. The van der Waals surface area contributed by atoms with E-state index < -0.39 is 0 Å². The number of hydrogen-bond acceptors (Lipinski definition) is 2. The molecule has 0 aromatic rings. The average Bonchev–Trinajstić information content (AvgIpc) is 2.40. The van der Waals surface area contributed by atoms with Crippen LogP contribution in [0.15, 0.2) is 12.2 Å². The largest absolute Gasteiger partial charge is 0.381 e. The first-order chi connectivity index (χ1) is 5.33. The quantitative estimate of drug-likeness (QED) is 0.616. The zero-order chi connectivity index (χ0) is 8.10. The smallest absolute Gasteiger partial charge is 0.0498 e. The third kappa shape index (κ3) is 3.04. The van der Waals surface area contributed by atoms with Crippen LogP contribution >= 0.6 is 0 Å². The van der Waals surface area contributed by atoms with Crippen molar-refractivity contribution in [2.45, 2.75) is 12.8 Å². The van der Waals surface area contributed by atoms with Crippen molar-refractivity contribution >= 4 is 0 Å². The average molecular weight is 155 g/mol. The van der Waals surface area contributed by atoms with Crippen molar-refractivity contribution in [3.63, 3.8) is 0 Å². The van der Waals surface area contributed by atoms with E-state index >= 15 is 0 Å². The van der Waals surface area contributed by atoms with Gasteiger partial charge in [0.25, 0.3) is 0 Å². The molecule has 0 aliphatic carbocycles. The van der Waals surface area contributed by atoms with Gasteiger partial charge in [0.1, 0.15) is 0 Å². The maximum Gasteiger partial charge on any atom is 0.0498 e. The van der Waals surface area contributed by atoms with Crippen LogP contribution < -0.4 is 5.32 Å². The fraction of sp³-hybridized carbons (Fsp3) is 0.778. The second-order valence-corrected chi connectivity index (χ2v) is 3.21. The van der Waals surface area contributed by atoms with Crippen molar-refractivity contribution in [1.82, 2.24) is 5.32 Å². The second-order valence-electron chi connectivity index (χ2n) is 3.21. The maximum atomic E-state index is 5.27. The van der Waals surface area contributed by atoms with E-state index in [-0.39, 0.29) is 0 Å². The lowest BCUT2D eigenvalue weighted by Crippen LogP contribution is -2.12. The first-order valence-electron chi connectivity index (χ1n) is 4.22. The molecule has 1 aliphatic rings. The van der Waals surface area contributed by atoms with E-state index in [1.54, 1.807) is 0 Å². The molecule has 1 saturated heterocycles. The molecule has 64 valence electrons. The van der Waals surface area contributed by atoms with Crippen LogP contribution in [0.3, 0.4) is 0 Å². The number of ether oxygens (including phenoxy) is 1. The molecule has 1 fully saturated rings. The first kappa shape index (κ1) is 8.75. The highest BCUT2D eigenvalue weighted by atomic mass is 16.5. The Bertz CT molecular complexity index is 128. The Kier molecular flexibility index (Phi) is 3.60. The van der Waals surface area contributed by atoms with Gasteiger partial charge in [-0.05, 0) is 25.8 Å². The monoisotopic (exact) mass is 155 g/mol. The normalized spacial score (nSPS) is 23.9. The minimum Gasteiger partial charge on any atom is -0.381 e. The predicted molar refractivity (Wildman–Crippen MR) is 46.6 cm³/mol. The lowest BCUT2D eigenvalue weighted by atomic mass is 10.00. The van der Waals surface area contributed by atoms with Crippen LogP contribution in [0.2, 0.25) is 0 Å². The molecule has 2 nitrogen and oxygen atoms in total. The Morgan fingerprint density at radius 3 is 3.09 bits per heavy atom. The summed E-state index contributed by atoms with van der Waals surface area (Å²) in [6, 6.07) is 0. The summed E-state index contributed by atoms with van der Waals surface area (Å²) in [7, 11) is 1.95. The van der Waals surface area contributed by atoms with Crippen LogP contribution in [-0.2, 0) is 4.74 Å². The van der Waals surface area contributed by atoms with Crippen molar-refractivity contribution in [2.24, 2.45) is 5.92 Å². The minimum absolute atomic E-state index is 0.732. The molecular weight excluding hydrogens is 138 g/mol. The molecule has 2 heteroatoms. The number of nitrogens with one attached hydrogen (secondary N) is 1. The fourth-order valence-electron chi connectivity index (χ4n) is 1.47. The van der Waals surface area contributed by atoms with Gasteiger partial charge in [-0.3, -0.25) is 0 Å². The van der Waals surface area contributed by atoms with Gasteiger partial charge in [-0.25, -0.2) is 0 Å². The molecule has 0 spiro atoms. The molecular formula is C9H17NO. The summed E-state index contributed by atoms with van der Waals surface area (Å²) in [5.41, 5.74) is 1.29. The van der Waals surface area contributed by atoms with Crippen molar-refractivity contribution in [2.75, 3.05) is 26.8 Å². The van der Waals surface area contributed by atoms with Gasteiger partial charge in [-0.1, -0.05) is 12.2 Å². The van der Waals surface area contributed by atoms with E-state index in [4.69, 9.17) is 4.74 Å². The summed E-state index contributed by atoms with van der Waals surface area (Å²) in [4.78, 5) is 0. The van der Waals surface area contributed by atoms with Gasteiger partial charge >= 0.3 is 0 Å². The SMILES string of the molecule is C=C(CNC)CC1CCOC1. The molecule has 0 aromatic heterocycles. The summed E-state index contributed by atoms with van der Waals surface area (Å²) in [5, 5.41) is 3.10. The third-order valence-corrected chi connectivity index (χ3v) is 2.03. The maximum absolute atomic E-state index is 5.27. The molecule has 11 heavy (non-hydrogen) atoms. The molecule has 0 saturated carbocycles. The minimum atomic E-state index is 0.732. The van der Waals surface area contributed by atoms with Gasteiger partial charge in [0, 0.05) is 19.8 Å². The van der Waals surface area contributed by atoms with E-state index in [0.717, 1.165) is 32.1 Å². The van der Waals surface area contributed by atoms with Crippen LogP contribution in [0.1, 0.15) is 12.8 Å². The molecule has 0 bridgehead atoms. The van der Waals surface area contributed by atoms with Crippen LogP contribution in [0, 0.1) is 5.92 Å². The van der Waals surface area contributed by atoms with Crippen LogP contribution in [0.4, 0.5) is 0 Å². The van der Waals surface area contributed by atoms with Crippen LogP contribution in [0.5, 0.6) is 0 Å². The molecule has 1 atom stereocenters. The van der Waals surface area contributed by atoms with Crippen LogP contribution in [-0.4, -0.2) is 26.8 Å². The zero-order valence-electron chi connectivity index (χ0n) is 7.23. The van der Waals surface area contributed by atoms with E-state index in [2.05, 4.69) is 11.9 Å². The Labute approximate surface area is 68.6 Å².